The van der Waals surface area contributed by atoms with Crippen molar-refractivity contribution >= 4 is 15.9 Å². The van der Waals surface area contributed by atoms with Gasteiger partial charge in [0.2, 0.25) is 0 Å². The molecule has 60 valence electrons. The molecule has 0 radical (unpaired) electrons. The fraction of sp³-hybridized carbons (Fsp3) is 0.429. The lowest BCUT2D eigenvalue weighted by Crippen LogP contribution is -1.95. The average molecular weight is 217 g/mol. The first-order chi connectivity index (χ1) is 5.33. The molecule has 11 heavy (non-hydrogen) atoms. The summed E-state index contributed by atoms with van der Waals surface area (Å²) >= 11 is 3.25. The van der Waals surface area contributed by atoms with E-state index in [0.29, 0.717) is 13.2 Å². The highest BCUT2D eigenvalue weighted by molar-refractivity contribution is 9.10. The van der Waals surface area contributed by atoms with Gasteiger partial charge in [-0.25, -0.2) is 9.97 Å². The molecular weight excluding hydrogens is 208 g/mol. The molecule has 0 atom stereocenters. The van der Waals surface area contributed by atoms with Crippen LogP contribution in [0.3, 0.4) is 0 Å². The smallest absolute Gasteiger partial charge is 0.117 e. The Morgan fingerprint density at radius 1 is 1.55 bits per heavy atom. The fourth-order valence-electron chi connectivity index (χ4n) is 0.656. The molecule has 1 heterocycles. The molecule has 4 heteroatoms. The Labute approximate surface area is 73.9 Å². The van der Waals surface area contributed by atoms with Crippen LogP contribution in [-0.4, -0.2) is 16.6 Å². The molecule has 0 saturated carbocycles. The van der Waals surface area contributed by atoms with Gasteiger partial charge in [0.25, 0.3) is 0 Å². The van der Waals surface area contributed by atoms with Crippen LogP contribution in [0.25, 0.3) is 0 Å². The Morgan fingerprint density at radius 2 is 2.36 bits per heavy atom. The molecule has 0 aliphatic carbocycles. The summed E-state index contributed by atoms with van der Waals surface area (Å²) in [5.41, 5.74) is 0.897. The van der Waals surface area contributed by atoms with E-state index in [-0.39, 0.29) is 0 Å². The van der Waals surface area contributed by atoms with Crippen LogP contribution in [0.5, 0.6) is 0 Å². The SMILES string of the molecule is CCOCc1cc(Br)ncn1. The van der Waals surface area contributed by atoms with Crippen LogP contribution in [0.15, 0.2) is 17.0 Å². The lowest BCUT2D eigenvalue weighted by Gasteiger charge is -1.99. The van der Waals surface area contributed by atoms with Gasteiger partial charge in [-0.1, -0.05) is 0 Å². The highest BCUT2D eigenvalue weighted by atomic mass is 79.9. The summed E-state index contributed by atoms with van der Waals surface area (Å²) in [6.45, 7) is 3.22. The van der Waals surface area contributed by atoms with Crippen LogP contribution < -0.4 is 0 Å². The molecule has 0 bridgehead atoms. The highest BCUT2D eigenvalue weighted by Crippen LogP contribution is 2.05. The summed E-state index contributed by atoms with van der Waals surface area (Å²) in [6.07, 6.45) is 1.51. The number of ether oxygens (including phenoxy) is 1. The molecule has 0 aromatic carbocycles. The number of rotatable bonds is 3. The molecule has 0 saturated heterocycles. The quantitative estimate of drug-likeness (QED) is 0.723. The van der Waals surface area contributed by atoms with Gasteiger partial charge in [0.1, 0.15) is 10.9 Å². The standard InChI is InChI=1S/C7H9BrN2O/c1-2-11-4-6-3-7(8)10-5-9-6/h3,5H,2,4H2,1H3. The van der Waals surface area contributed by atoms with Gasteiger partial charge in [-0.05, 0) is 28.9 Å². The predicted octanol–water partition coefficient (Wildman–Crippen LogP) is 1.78. The Balaban J connectivity index is 2.56. The zero-order valence-corrected chi connectivity index (χ0v) is 7.84. The average Bonchev–Trinajstić information content (AvgIpc) is 2.01. The van der Waals surface area contributed by atoms with E-state index in [1.807, 2.05) is 13.0 Å². The molecule has 0 fully saturated rings. The van der Waals surface area contributed by atoms with Gasteiger partial charge in [0.05, 0.1) is 12.3 Å². The zero-order valence-electron chi connectivity index (χ0n) is 6.25. The van der Waals surface area contributed by atoms with Crippen LogP contribution in [0, 0.1) is 0 Å². The van der Waals surface area contributed by atoms with Crippen LogP contribution in [-0.2, 0) is 11.3 Å². The summed E-state index contributed by atoms with van der Waals surface area (Å²) in [4.78, 5) is 7.91. The second kappa shape index (κ2) is 4.41. The van der Waals surface area contributed by atoms with Gasteiger partial charge in [0.15, 0.2) is 0 Å². The molecule has 0 N–H and O–H groups in total. The number of aromatic nitrogens is 2. The molecule has 0 aliphatic rings. The monoisotopic (exact) mass is 216 g/mol. The van der Waals surface area contributed by atoms with Crippen LogP contribution >= 0.6 is 15.9 Å². The third-order valence-electron chi connectivity index (χ3n) is 1.14. The van der Waals surface area contributed by atoms with Crippen molar-refractivity contribution in [1.29, 1.82) is 0 Å². The molecule has 1 rings (SSSR count). The van der Waals surface area contributed by atoms with Crippen LogP contribution in [0.2, 0.25) is 0 Å². The van der Waals surface area contributed by atoms with Gasteiger partial charge in [0, 0.05) is 6.61 Å². The van der Waals surface area contributed by atoms with E-state index in [1.54, 1.807) is 0 Å². The lowest BCUT2D eigenvalue weighted by atomic mass is 10.4. The molecule has 0 amide bonds. The van der Waals surface area contributed by atoms with Crippen molar-refractivity contribution in [2.75, 3.05) is 6.61 Å². The van der Waals surface area contributed by atoms with E-state index in [4.69, 9.17) is 4.74 Å². The lowest BCUT2D eigenvalue weighted by molar-refractivity contribution is 0.131. The maximum absolute atomic E-state index is 5.16. The van der Waals surface area contributed by atoms with E-state index in [9.17, 15) is 0 Å². The van der Waals surface area contributed by atoms with Crippen molar-refractivity contribution in [3.8, 4) is 0 Å². The van der Waals surface area contributed by atoms with Crippen molar-refractivity contribution in [2.45, 2.75) is 13.5 Å². The number of hydrogen-bond acceptors (Lipinski definition) is 3. The molecule has 0 spiro atoms. The molecule has 1 aromatic rings. The maximum Gasteiger partial charge on any atom is 0.117 e. The summed E-state index contributed by atoms with van der Waals surface area (Å²) in [7, 11) is 0. The Hall–Kier alpha value is -0.480. The highest BCUT2D eigenvalue weighted by Gasteiger charge is 1.94. The molecule has 0 unspecified atom stereocenters. The maximum atomic E-state index is 5.16. The Morgan fingerprint density at radius 3 is 3.00 bits per heavy atom. The van der Waals surface area contributed by atoms with Crippen LogP contribution in [0.4, 0.5) is 0 Å². The molecule has 0 aliphatic heterocycles. The first-order valence-electron chi connectivity index (χ1n) is 3.37. The first kappa shape index (κ1) is 8.62. The van der Waals surface area contributed by atoms with Gasteiger partial charge in [-0.2, -0.15) is 0 Å². The fourth-order valence-corrected chi connectivity index (χ4v) is 1.01. The van der Waals surface area contributed by atoms with Crippen molar-refractivity contribution in [3.05, 3.63) is 22.7 Å². The zero-order chi connectivity index (χ0) is 8.10. The van der Waals surface area contributed by atoms with E-state index >= 15 is 0 Å². The number of nitrogens with zero attached hydrogens (tertiary/aromatic N) is 2. The Bertz CT molecular complexity index is 229. The van der Waals surface area contributed by atoms with E-state index in [1.165, 1.54) is 6.33 Å². The summed E-state index contributed by atoms with van der Waals surface area (Å²) < 4.78 is 5.96. The van der Waals surface area contributed by atoms with Crippen molar-refractivity contribution in [3.63, 3.8) is 0 Å². The van der Waals surface area contributed by atoms with E-state index in [2.05, 4.69) is 25.9 Å². The van der Waals surface area contributed by atoms with E-state index < -0.39 is 0 Å². The van der Waals surface area contributed by atoms with E-state index in [0.717, 1.165) is 10.3 Å². The summed E-state index contributed by atoms with van der Waals surface area (Å²) in [5, 5.41) is 0. The number of halogens is 1. The minimum Gasteiger partial charge on any atom is -0.375 e. The molecule has 1 aromatic heterocycles. The first-order valence-corrected chi connectivity index (χ1v) is 4.16. The van der Waals surface area contributed by atoms with Gasteiger partial charge < -0.3 is 4.74 Å². The Kier molecular flexibility index (Phi) is 3.45. The second-order valence-corrected chi connectivity index (χ2v) is 2.78. The van der Waals surface area contributed by atoms with Crippen molar-refractivity contribution < 1.29 is 4.74 Å². The summed E-state index contributed by atoms with van der Waals surface area (Å²) in [5.74, 6) is 0. The third kappa shape index (κ3) is 2.95. The largest absolute Gasteiger partial charge is 0.375 e. The van der Waals surface area contributed by atoms with Gasteiger partial charge in [-0.3, -0.25) is 0 Å². The van der Waals surface area contributed by atoms with Crippen molar-refractivity contribution in [2.24, 2.45) is 0 Å². The van der Waals surface area contributed by atoms with Gasteiger partial charge in [-0.15, -0.1) is 0 Å². The van der Waals surface area contributed by atoms with Crippen molar-refractivity contribution in [1.82, 2.24) is 9.97 Å². The minimum absolute atomic E-state index is 0.553. The topological polar surface area (TPSA) is 35.0 Å². The predicted molar refractivity (Wildman–Crippen MR) is 45.1 cm³/mol. The van der Waals surface area contributed by atoms with Crippen LogP contribution in [0.1, 0.15) is 12.6 Å². The number of hydrogen-bond donors (Lipinski definition) is 0. The minimum atomic E-state index is 0.553. The second-order valence-electron chi connectivity index (χ2n) is 1.97. The third-order valence-corrected chi connectivity index (χ3v) is 1.58. The molecule has 3 nitrogen and oxygen atoms in total. The normalized spacial score (nSPS) is 10.0. The molecular formula is C7H9BrN2O. The summed E-state index contributed by atoms with van der Waals surface area (Å²) in [6, 6.07) is 1.84. The van der Waals surface area contributed by atoms with Gasteiger partial charge >= 0.3 is 0 Å².